The fraction of sp³-hybridized carbons (Fsp3) is 0.250. The molecule has 1 saturated heterocycles. The maximum absolute atomic E-state index is 12.6. The molecule has 150 valence electrons. The van der Waals surface area contributed by atoms with Crippen LogP contribution in [-0.4, -0.2) is 47.3 Å². The highest BCUT2D eigenvalue weighted by Gasteiger charge is 2.45. The average molecular weight is 397 g/mol. The topological polar surface area (TPSA) is 119 Å². The van der Waals surface area contributed by atoms with Crippen molar-refractivity contribution in [1.82, 2.24) is 10.2 Å². The molecule has 0 bridgehead atoms. The van der Waals surface area contributed by atoms with Crippen molar-refractivity contribution in [1.29, 1.82) is 0 Å². The minimum absolute atomic E-state index is 0.0990. The van der Waals surface area contributed by atoms with Crippen molar-refractivity contribution in [2.24, 2.45) is 0 Å². The lowest BCUT2D eigenvalue weighted by Gasteiger charge is -2.42. The van der Waals surface area contributed by atoms with Crippen LogP contribution < -0.4 is 5.32 Å². The zero-order chi connectivity index (χ0) is 21.0. The van der Waals surface area contributed by atoms with E-state index < -0.39 is 28.9 Å². The van der Waals surface area contributed by atoms with Gasteiger partial charge in [-0.3, -0.25) is 19.7 Å². The zero-order valence-corrected chi connectivity index (χ0v) is 15.6. The number of β-lactam (4-membered cyclic amide) rings is 1. The van der Waals surface area contributed by atoms with Crippen molar-refractivity contribution >= 4 is 23.5 Å². The molecule has 2 amide bonds. The molecule has 1 N–H and O–H groups in total. The number of benzene rings is 2. The first-order chi connectivity index (χ1) is 13.9. The van der Waals surface area contributed by atoms with E-state index in [4.69, 9.17) is 4.74 Å². The molecule has 9 heteroatoms. The van der Waals surface area contributed by atoms with Crippen LogP contribution in [0.5, 0.6) is 0 Å². The second kappa shape index (κ2) is 8.51. The molecule has 1 aliphatic heterocycles. The van der Waals surface area contributed by atoms with Crippen molar-refractivity contribution in [3.05, 3.63) is 75.8 Å². The Balaban J connectivity index is 1.69. The van der Waals surface area contributed by atoms with Gasteiger partial charge in [0.25, 0.3) is 5.69 Å². The number of nitro groups is 1. The van der Waals surface area contributed by atoms with Gasteiger partial charge in [-0.1, -0.05) is 42.5 Å². The van der Waals surface area contributed by atoms with Gasteiger partial charge in [-0.15, -0.1) is 0 Å². The Bertz CT molecular complexity index is 946. The van der Waals surface area contributed by atoms with Crippen LogP contribution in [0.15, 0.2) is 54.6 Å². The smallest absolute Gasteiger partial charge is 0.333 e. The van der Waals surface area contributed by atoms with Crippen molar-refractivity contribution < 1.29 is 24.0 Å². The number of non-ortho nitro benzene ring substituents is 1. The number of carbonyl (C=O) groups is 3. The molecule has 0 saturated carbocycles. The lowest BCUT2D eigenvalue weighted by Crippen LogP contribution is -2.65. The number of rotatable bonds is 7. The van der Waals surface area contributed by atoms with E-state index in [2.05, 4.69) is 5.32 Å². The van der Waals surface area contributed by atoms with Crippen molar-refractivity contribution in [3.8, 4) is 0 Å². The summed E-state index contributed by atoms with van der Waals surface area (Å²) < 4.78 is 4.78. The van der Waals surface area contributed by atoms with E-state index in [0.717, 1.165) is 5.56 Å². The predicted molar refractivity (Wildman–Crippen MR) is 102 cm³/mol. The molecular formula is C20H19N3O6. The zero-order valence-electron chi connectivity index (χ0n) is 15.6. The second-order valence-corrected chi connectivity index (χ2v) is 6.55. The summed E-state index contributed by atoms with van der Waals surface area (Å²) in [5.41, 5.74) is 0.892. The van der Waals surface area contributed by atoms with Gasteiger partial charge in [0.05, 0.1) is 25.0 Å². The summed E-state index contributed by atoms with van der Waals surface area (Å²) in [4.78, 5) is 48.7. The molecule has 29 heavy (non-hydrogen) atoms. The predicted octanol–water partition coefficient (Wildman–Crippen LogP) is 1.38. The van der Waals surface area contributed by atoms with E-state index in [9.17, 15) is 24.5 Å². The van der Waals surface area contributed by atoms with Crippen LogP contribution >= 0.6 is 0 Å². The third-order valence-electron chi connectivity index (χ3n) is 4.64. The highest BCUT2D eigenvalue weighted by molar-refractivity contribution is 5.96. The number of hydrogen-bond acceptors (Lipinski definition) is 6. The quantitative estimate of drug-likeness (QED) is 0.326. The minimum Gasteiger partial charge on any atom is -0.467 e. The van der Waals surface area contributed by atoms with E-state index in [0.29, 0.717) is 0 Å². The van der Waals surface area contributed by atoms with Gasteiger partial charge in [-0.05, 0) is 11.1 Å². The van der Waals surface area contributed by atoms with Gasteiger partial charge in [-0.25, -0.2) is 4.79 Å². The number of nitrogens with one attached hydrogen (secondary N) is 1. The first kappa shape index (κ1) is 20.0. The number of hydrogen-bond donors (Lipinski definition) is 1. The minimum atomic E-state index is -1.12. The van der Waals surface area contributed by atoms with Gasteiger partial charge in [0, 0.05) is 12.1 Å². The Hall–Kier alpha value is -3.75. The number of ether oxygens (including phenoxy) is 1. The standard InChI is InChI=1S/C20H19N3O6/c1-29-20(26)18(14-8-5-9-15(11-14)23(27)28)22-12-16(19(22)25)21-17(24)10-13-6-3-2-4-7-13/h2-9,11,16,18H,10,12H2,1H3,(H,21,24). The fourth-order valence-corrected chi connectivity index (χ4v) is 3.18. The first-order valence-electron chi connectivity index (χ1n) is 8.86. The molecule has 9 nitrogen and oxygen atoms in total. The molecule has 0 aromatic heterocycles. The summed E-state index contributed by atoms with van der Waals surface area (Å²) in [5, 5.41) is 13.7. The highest BCUT2D eigenvalue weighted by Crippen LogP contribution is 2.30. The van der Waals surface area contributed by atoms with Gasteiger partial charge in [-0.2, -0.15) is 0 Å². The maximum atomic E-state index is 12.6. The fourth-order valence-electron chi connectivity index (χ4n) is 3.18. The molecule has 1 heterocycles. The van der Waals surface area contributed by atoms with Gasteiger partial charge in [0.1, 0.15) is 6.04 Å². The van der Waals surface area contributed by atoms with Crippen LogP contribution in [0.2, 0.25) is 0 Å². The number of methoxy groups -OCH3 is 1. The maximum Gasteiger partial charge on any atom is 0.333 e. The van der Waals surface area contributed by atoms with Gasteiger partial charge in [0.15, 0.2) is 6.04 Å². The summed E-state index contributed by atoms with van der Waals surface area (Å²) in [6.45, 7) is 0.0990. The Labute approximate surface area is 166 Å². The van der Waals surface area contributed by atoms with E-state index in [1.165, 1.54) is 36.3 Å². The average Bonchev–Trinajstić information content (AvgIpc) is 2.73. The van der Waals surface area contributed by atoms with Gasteiger partial charge >= 0.3 is 5.97 Å². The van der Waals surface area contributed by atoms with Crippen LogP contribution in [0, 0.1) is 10.1 Å². The highest BCUT2D eigenvalue weighted by atomic mass is 16.6. The second-order valence-electron chi connectivity index (χ2n) is 6.55. The number of esters is 1. The SMILES string of the molecule is COC(=O)C(c1cccc([N+](=O)[O-])c1)N1CC(NC(=O)Cc2ccccc2)C1=O. The molecule has 2 atom stereocenters. The molecule has 1 fully saturated rings. The molecule has 1 aliphatic rings. The summed E-state index contributed by atoms with van der Waals surface area (Å²) >= 11 is 0. The Morgan fingerprint density at radius 2 is 1.97 bits per heavy atom. The lowest BCUT2D eigenvalue weighted by molar-refractivity contribution is -0.384. The molecule has 0 aliphatic carbocycles. The molecule has 2 aromatic carbocycles. The number of carbonyl (C=O) groups excluding carboxylic acids is 3. The lowest BCUT2D eigenvalue weighted by atomic mass is 9.97. The van der Waals surface area contributed by atoms with Crippen LogP contribution in [-0.2, 0) is 25.5 Å². The third kappa shape index (κ3) is 4.40. The van der Waals surface area contributed by atoms with E-state index >= 15 is 0 Å². The van der Waals surface area contributed by atoms with Crippen LogP contribution in [0.3, 0.4) is 0 Å². The number of likely N-dealkylation sites (tertiary alicyclic amines) is 1. The normalized spacial score (nSPS) is 16.5. The van der Waals surface area contributed by atoms with Crippen molar-refractivity contribution in [3.63, 3.8) is 0 Å². The van der Waals surface area contributed by atoms with Gasteiger partial charge in [0.2, 0.25) is 11.8 Å². The van der Waals surface area contributed by atoms with Crippen LogP contribution in [0.25, 0.3) is 0 Å². The first-order valence-corrected chi connectivity index (χ1v) is 8.86. The Morgan fingerprint density at radius 1 is 1.24 bits per heavy atom. The van der Waals surface area contributed by atoms with Crippen molar-refractivity contribution in [2.75, 3.05) is 13.7 Å². The monoisotopic (exact) mass is 397 g/mol. The molecule has 0 radical (unpaired) electrons. The van der Waals surface area contributed by atoms with Crippen LogP contribution in [0.1, 0.15) is 17.2 Å². The molecule has 0 spiro atoms. The summed E-state index contributed by atoms with van der Waals surface area (Å²) in [5.74, 6) is -1.47. The van der Waals surface area contributed by atoms with E-state index in [-0.39, 0.29) is 30.1 Å². The summed E-state index contributed by atoms with van der Waals surface area (Å²) in [6, 6.07) is 12.7. The summed E-state index contributed by atoms with van der Waals surface area (Å²) in [7, 11) is 1.18. The molecule has 3 rings (SSSR count). The third-order valence-corrected chi connectivity index (χ3v) is 4.64. The van der Waals surface area contributed by atoms with E-state index in [1.54, 1.807) is 0 Å². The number of amides is 2. The van der Waals surface area contributed by atoms with Crippen LogP contribution in [0.4, 0.5) is 5.69 Å². The van der Waals surface area contributed by atoms with Gasteiger partial charge < -0.3 is 15.0 Å². The molecule has 2 aromatic rings. The van der Waals surface area contributed by atoms with Crippen molar-refractivity contribution in [2.45, 2.75) is 18.5 Å². The number of nitrogens with zero attached hydrogens (tertiary/aromatic N) is 2. The number of nitro benzene ring substituents is 1. The Kier molecular flexibility index (Phi) is 5.87. The molecule has 2 unspecified atom stereocenters. The molecular weight excluding hydrogens is 378 g/mol. The summed E-state index contributed by atoms with van der Waals surface area (Å²) in [6.07, 6.45) is 0.135. The largest absolute Gasteiger partial charge is 0.467 e. The van der Waals surface area contributed by atoms with E-state index in [1.807, 2.05) is 30.3 Å². The Morgan fingerprint density at radius 3 is 2.59 bits per heavy atom.